The number of hydrogen-bond acceptors (Lipinski definition) is 4. The first-order valence-electron chi connectivity index (χ1n) is 5.00. The molecule has 1 unspecified atom stereocenters. The Labute approximate surface area is 106 Å². The average molecular weight is 303 g/mol. The summed E-state index contributed by atoms with van der Waals surface area (Å²) >= 11 is 0.986. The van der Waals surface area contributed by atoms with Crippen LogP contribution in [0.2, 0.25) is 0 Å². The van der Waals surface area contributed by atoms with Crippen molar-refractivity contribution < 1.29 is 26.7 Å². The Bertz CT molecular complexity index is 495. The third kappa shape index (κ3) is 3.94. The van der Waals surface area contributed by atoms with Crippen LogP contribution < -0.4 is 4.72 Å². The number of halogens is 3. The van der Waals surface area contributed by atoms with E-state index in [9.17, 15) is 21.6 Å². The van der Waals surface area contributed by atoms with Crippen molar-refractivity contribution in [1.82, 2.24) is 4.72 Å². The molecule has 0 bridgehead atoms. The van der Waals surface area contributed by atoms with Crippen LogP contribution >= 0.6 is 11.3 Å². The van der Waals surface area contributed by atoms with Crippen LogP contribution in [-0.4, -0.2) is 32.3 Å². The molecular formula is C9H12F3NO3S2. The van der Waals surface area contributed by atoms with E-state index in [-0.39, 0.29) is 4.21 Å². The van der Waals surface area contributed by atoms with E-state index in [4.69, 9.17) is 5.11 Å². The average Bonchev–Trinajstić information content (AvgIpc) is 2.73. The maximum Gasteiger partial charge on any atom is 0.415 e. The minimum atomic E-state index is -4.84. The van der Waals surface area contributed by atoms with Gasteiger partial charge < -0.3 is 5.11 Å². The zero-order chi connectivity index (χ0) is 14.0. The number of nitrogens with one attached hydrogen (secondary N) is 1. The van der Waals surface area contributed by atoms with Crippen molar-refractivity contribution in [3.8, 4) is 0 Å². The van der Waals surface area contributed by atoms with E-state index >= 15 is 0 Å². The number of rotatable bonds is 5. The molecule has 0 aromatic carbocycles. The van der Waals surface area contributed by atoms with Gasteiger partial charge in [0.15, 0.2) is 6.10 Å². The van der Waals surface area contributed by atoms with Gasteiger partial charge in [-0.1, -0.05) is 6.92 Å². The lowest BCUT2D eigenvalue weighted by Crippen LogP contribution is -2.40. The molecule has 104 valence electrons. The Balaban J connectivity index is 2.71. The first kappa shape index (κ1) is 15.4. The molecule has 0 amide bonds. The summed E-state index contributed by atoms with van der Waals surface area (Å²) in [7, 11) is -4.00. The molecule has 0 saturated heterocycles. The second-order valence-electron chi connectivity index (χ2n) is 3.48. The molecule has 2 N–H and O–H groups in total. The SMILES string of the molecule is CCc1ccc(S(=O)(=O)NCC(O)C(F)(F)F)s1. The second kappa shape index (κ2) is 5.55. The molecule has 4 nitrogen and oxygen atoms in total. The molecule has 18 heavy (non-hydrogen) atoms. The van der Waals surface area contributed by atoms with E-state index in [0.717, 1.165) is 16.2 Å². The van der Waals surface area contributed by atoms with E-state index < -0.39 is 28.8 Å². The lowest BCUT2D eigenvalue weighted by Gasteiger charge is -2.14. The molecule has 0 aliphatic carbocycles. The van der Waals surface area contributed by atoms with Crippen molar-refractivity contribution in [2.75, 3.05) is 6.54 Å². The first-order chi connectivity index (χ1) is 8.16. The van der Waals surface area contributed by atoms with Crippen LogP contribution in [0.25, 0.3) is 0 Å². The first-order valence-corrected chi connectivity index (χ1v) is 7.30. The van der Waals surface area contributed by atoms with E-state index in [1.54, 1.807) is 10.8 Å². The molecule has 1 atom stereocenters. The highest BCUT2D eigenvalue weighted by Crippen LogP contribution is 2.23. The molecule has 1 aromatic rings. The third-order valence-corrected chi connectivity index (χ3v) is 5.24. The van der Waals surface area contributed by atoms with E-state index in [0.29, 0.717) is 6.42 Å². The van der Waals surface area contributed by atoms with E-state index in [1.807, 2.05) is 6.92 Å². The highest BCUT2D eigenvalue weighted by atomic mass is 32.2. The minimum absolute atomic E-state index is 0.0614. The predicted molar refractivity (Wildman–Crippen MR) is 60.9 cm³/mol. The molecule has 1 heterocycles. The van der Waals surface area contributed by atoms with E-state index in [2.05, 4.69) is 0 Å². The zero-order valence-electron chi connectivity index (χ0n) is 9.36. The van der Waals surface area contributed by atoms with Gasteiger partial charge in [-0.2, -0.15) is 13.2 Å². The van der Waals surface area contributed by atoms with Crippen molar-refractivity contribution in [2.24, 2.45) is 0 Å². The zero-order valence-corrected chi connectivity index (χ0v) is 11.0. The Kier molecular flexibility index (Phi) is 4.76. The summed E-state index contributed by atoms with van der Waals surface area (Å²) in [5, 5.41) is 8.70. The quantitative estimate of drug-likeness (QED) is 0.866. The van der Waals surface area contributed by atoms with Crippen molar-refractivity contribution in [2.45, 2.75) is 29.8 Å². The third-order valence-electron chi connectivity index (χ3n) is 2.09. The summed E-state index contributed by atoms with van der Waals surface area (Å²) in [5.41, 5.74) is 0. The molecule has 0 spiro atoms. The lowest BCUT2D eigenvalue weighted by molar-refractivity contribution is -0.200. The molecular weight excluding hydrogens is 291 g/mol. The van der Waals surface area contributed by atoms with Crippen molar-refractivity contribution in [3.63, 3.8) is 0 Å². The van der Waals surface area contributed by atoms with Gasteiger partial charge in [-0.15, -0.1) is 11.3 Å². The Hall–Kier alpha value is -0.640. The summed E-state index contributed by atoms with van der Waals surface area (Å²) in [6.07, 6.45) is -6.91. The van der Waals surface area contributed by atoms with Crippen molar-refractivity contribution in [1.29, 1.82) is 0 Å². The van der Waals surface area contributed by atoms with Gasteiger partial charge in [0, 0.05) is 11.4 Å². The Morgan fingerprint density at radius 3 is 2.50 bits per heavy atom. The van der Waals surface area contributed by atoms with Gasteiger partial charge in [-0.05, 0) is 18.6 Å². The van der Waals surface area contributed by atoms with Crippen LogP contribution in [0.1, 0.15) is 11.8 Å². The van der Waals surface area contributed by atoms with Crippen LogP contribution in [0, 0.1) is 0 Å². The Morgan fingerprint density at radius 2 is 2.06 bits per heavy atom. The lowest BCUT2D eigenvalue weighted by atomic mass is 10.4. The smallest absolute Gasteiger partial charge is 0.382 e. The second-order valence-corrected chi connectivity index (χ2v) is 6.65. The summed E-state index contributed by atoms with van der Waals surface area (Å²) < 4.78 is 60.9. The summed E-state index contributed by atoms with van der Waals surface area (Å²) in [6.45, 7) is 0.744. The van der Waals surface area contributed by atoms with Crippen LogP contribution in [-0.2, 0) is 16.4 Å². The van der Waals surface area contributed by atoms with Gasteiger partial charge in [0.2, 0.25) is 10.0 Å². The highest BCUT2D eigenvalue weighted by Gasteiger charge is 2.38. The largest absolute Gasteiger partial charge is 0.415 e. The number of thiophene rings is 1. The number of sulfonamides is 1. The number of aliphatic hydroxyl groups is 1. The molecule has 9 heteroatoms. The highest BCUT2D eigenvalue weighted by molar-refractivity contribution is 7.91. The molecule has 0 fully saturated rings. The fourth-order valence-electron chi connectivity index (χ4n) is 1.07. The number of alkyl halides is 3. The minimum Gasteiger partial charge on any atom is -0.382 e. The predicted octanol–water partition coefficient (Wildman–Crippen LogP) is 1.51. The molecule has 0 aliphatic heterocycles. The standard InChI is InChI=1S/C9H12F3NO3S2/c1-2-6-3-4-8(17-6)18(15,16)13-5-7(14)9(10,11)12/h3-4,7,13-14H,2,5H2,1H3. The topological polar surface area (TPSA) is 66.4 Å². The van der Waals surface area contributed by atoms with Gasteiger partial charge in [0.25, 0.3) is 0 Å². The van der Waals surface area contributed by atoms with Crippen molar-refractivity contribution in [3.05, 3.63) is 17.0 Å². The fourth-order valence-corrected chi connectivity index (χ4v) is 3.45. The number of aliphatic hydroxyl groups excluding tert-OH is 1. The molecule has 0 aliphatic rings. The normalized spacial score (nSPS) is 14.7. The van der Waals surface area contributed by atoms with Crippen LogP contribution in [0.3, 0.4) is 0 Å². The summed E-state index contributed by atoms with van der Waals surface area (Å²) in [5.74, 6) is 0. The van der Waals surface area contributed by atoms with Gasteiger partial charge in [0.05, 0.1) is 0 Å². The maximum absolute atomic E-state index is 12.0. The molecule has 1 rings (SSSR count). The molecule has 0 saturated carbocycles. The van der Waals surface area contributed by atoms with Crippen LogP contribution in [0.15, 0.2) is 16.3 Å². The van der Waals surface area contributed by atoms with Gasteiger partial charge in [-0.3, -0.25) is 0 Å². The molecule has 1 aromatic heterocycles. The van der Waals surface area contributed by atoms with Gasteiger partial charge in [-0.25, -0.2) is 13.1 Å². The summed E-state index contributed by atoms with van der Waals surface area (Å²) in [4.78, 5) is 0.812. The monoisotopic (exact) mass is 303 g/mol. The summed E-state index contributed by atoms with van der Waals surface area (Å²) in [6, 6.07) is 2.92. The number of hydrogen-bond donors (Lipinski definition) is 2. The molecule has 0 radical (unpaired) electrons. The fraction of sp³-hybridized carbons (Fsp3) is 0.556. The van der Waals surface area contributed by atoms with Crippen LogP contribution in [0.4, 0.5) is 13.2 Å². The Morgan fingerprint density at radius 1 is 1.44 bits per heavy atom. The van der Waals surface area contributed by atoms with E-state index in [1.165, 1.54) is 6.07 Å². The van der Waals surface area contributed by atoms with Gasteiger partial charge in [0.1, 0.15) is 4.21 Å². The number of aryl methyl sites for hydroxylation is 1. The van der Waals surface area contributed by atoms with Gasteiger partial charge >= 0.3 is 6.18 Å². The van der Waals surface area contributed by atoms with Crippen molar-refractivity contribution >= 4 is 21.4 Å². The maximum atomic E-state index is 12.0. The van der Waals surface area contributed by atoms with Crippen LogP contribution in [0.5, 0.6) is 0 Å².